The van der Waals surface area contributed by atoms with Crippen LogP contribution in [0.1, 0.15) is 5.69 Å². The van der Waals surface area contributed by atoms with Crippen LogP contribution in [0, 0.1) is 6.92 Å². The van der Waals surface area contributed by atoms with Crippen molar-refractivity contribution in [1.29, 1.82) is 0 Å². The smallest absolute Gasteiger partial charge is 0.0758 e. The van der Waals surface area contributed by atoms with Gasteiger partial charge in [-0.15, -0.1) is 0 Å². The van der Waals surface area contributed by atoms with Crippen molar-refractivity contribution in [1.82, 2.24) is 9.78 Å². The van der Waals surface area contributed by atoms with Crippen molar-refractivity contribution >= 4 is 17.3 Å². The van der Waals surface area contributed by atoms with Gasteiger partial charge in [0.15, 0.2) is 0 Å². The molecule has 0 aliphatic rings. The lowest BCUT2D eigenvalue weighted by molar-refractivity contribution is 0.869. The van der Waals surface area contributed by atoms with Crippen LogP contribution in [0.3, 0.4) is 0 Å². The number of halogens is 1. The molecule has 0 amide bonds. The molecule has 3 nitrogen and oxygen atoms in total. The van der Waals surface area contributed by atoms with Gasteiger partial charge in [0.1, 0.15) is 0 Å². The van der Waals surface area contributed by atoms with Crippen molar-refractivity contribution in [3.05, 3.63) is 65.3 Å². The molecule has 0 saturated carbocycles. The van der Waals surface area contributed by atoms with Gasteiger partial charge in [-0.1, -0.05) is 29.8 Å². The van der Waals surface area contributed by atoms with E-state index in [1.54, 1.807) is 0 Å². The van der Waals surface area contributed by atoms with E-state index in [2.05, 4.69) is 5.10 Å². The highest BCUT2D eigenvalue weighted by molar-refractivity contribution is 6.33. The van der Waals surface area contributed by atoms with Gasteiger partial charge in [0.2, 0.25) is 0 Å². The minimum absolute atomic E-state index is 0.712. The Labute approximate surface area is 122 Å². The lowest BCUT2D eigenvalue weighted by atomic mass is 10.1. The summed E-state index contributed by atoms with van der Waals surface area (Å²) in [7, 11) is 0. The number of benzene rings is 2. The third kappa shape index (κ3) is 2.28. The van der Waals surface area contributed by atoms with E-state index in [-0.39, 0.29) is 0 Å². The van der Waals surface area contributed by atoms with Crippen molar-refractivity contribution in [2.75, 3.05) is 5.73 Å². The number of aromatic nitrogens is 2. The lowest BCUT2D eigenvalue weighted by Crippen LogP contribution is -1.99. The first kappa shape index (κ1) is 12.8. The summed E-state index contributed by atoms with van der Waals surface area (Å²) in [6, 6.07) is 17.4. The van der Waals surface area contributed by atoms with Crippen LogP contribution in [-0.2, 0) is 0 Å². The Balaban J connectivity index is 2.18. The van der Waals surface area contributed by atoms with Crippen molar-refractivity contribution in [3.63, 3.8) is 0 Å². The van der Waals surface area contributed by atoms with Crippen LogP contribution in [0.5, 0.6) is 0 Å². The summed E-state index contributed by atoms with van der Waals surface area (Å²) in [5, 5.41) is 5.26. The van der Waals surface area contributed by atoms with E-state index >= 15 is 0 Å². The third-order valence-corrected chi connectivity index (χ3v) is 3.45. The van der Waals surface area contributed by atoms with Gasteiger partial charge in [-0.25, -0.2) is 4.68 Å². The summed E-state index contributed by atoms with van der Waals surface area (Å²) >= 11 is 6.29. The average molecular weight is 284 g/mol. The van der Waals surface area contributed by atoms with Crippen LogP contribution < -0.4 is 5.73 Å². The van der Waals surface area contributed by atoms with E-state index in [4.69, 9.17) is 17.3 Å². The molecule has 0 fully saturated rings. The summed E-state index contributed by atoms with van der Waals surface area (Å²) in [4.78, 5) is 0. The number of rotatable bonds is 2. The largest absolute Gasteiger partial charge is 0.399 e. The molecular weight excluding hydrogens is 270 g/mol. The first-order valence-corrected chi connectivity index (χ1v) is 6.70. The van der Waals surface area contributed by atoms with E-state index in [1.807, 2.05) is 66.2 Å². The zero-order valence-corrected chi connectivity index (χ0v) is 11.8. The Kier molecular flexibility index (Phi) is 3.20. The molecule has 2 aromatic carbocycles. The second kappa shape index (κ2) is 5.02. The zero-order valence-electron chi connectivity index (χ0n) is 11.0. The maximum atomic E-state index is 6.29. The number of anilines is 1. The molecule has 1 aromatic heterocycles. The summed E-state index contributed by atoms with van der Waals surface area (Å²) < 4.78 is 1.88. The minimum Gasteiger partial charge on any atom is -0.399 e. The Morgan fingerprint density at radius 1 is 1.05 bits per heavy atom. The lowest BCUT2D eigenvalue weighted by Gasteiger charge is -2.09. The number of nitrogens with zero attached hydrogens (tertiary/aromatic N) is 2. The molecule has 0 aliphatic carbocycles. The van der Waals surface area contributed by atoms with Gasteiger partial charge in [-0.3, -0.25) is 0 Å². The first-order valence-electron chi connectivity index (χ1n) is 6.32. The van der Waals surface area contributed by atoms with Gasteiger partial charge in [-0.05, 0) is 43.3 Å². The Bertz CT molecular complexity index is 745. The normalized spacial score (nSPS) is 10.7. The monoisotopic (exact) mass is 283 g/mol. The standard InChI is InChI=1S/C16H14ClN3/c1-11-10-16(14-4-2-3-5-15(14)17)20(19-11)13-8-6-12(18)7-9-13/h2-10H,18H2,1H3. The zero-order chi connectivity index (χ0) is 14.1. The van der Waals surface area contributed by atoms with E-state index in [0.717, 1.165) is 28.3 Å². The number of nitrogens with two attached hydrogens (primary N) is 1. The van der Waals surface area contributed by atoms with Gasteiger partial charge < -0.3 is 5.73 Å². The topological polar surface area (TPSA) is 43.8 Å². The molecule has 0 atom stereocenters. The van der Waals surface area contributed by atoms with Crippen molar-refractivity contribution < 1.29 is 0 Å². The van der Waals surface area contributed by atoms with Crippen molar-refractivity contribution in [2.24, 2.45) is 0 Å². The number of aryl methyl sites for hydroxylation is 1. The van der Waals surface area contributed by atoms with Gasteiger partial charge in [0.25, 0.3) is 0 Å². The molecule has 0 bridgehead atoms. The van der Waals surface area contributed by atoms with E-state index < -0.39 is 0 Å². The molecule has 0 radical (unpaired) electrons. The Morgan fingerprint density at radius 3 is 2.45 bits per heavy atom. The van der Waals surface area contributed by atoms with Crippen molar-refractivity contribution in [3.8, 4) is 16.9 Å². The SMILES string of the molecule is Cc1cc(-c2ccccc2Cl)n(-c2ccc(N)cc2)n1. The van der Waals surface area contributed by atoms with Gasteiger partial charge in [0.05, 0.1) is 17.1 Å². The molecule has 100 valence electrons. The average Bonchev–Trinajstić information content (AvgIpc) is 2.82. The summed E-state index contributed by atoms with van der Waals surface area (Å²) in [5.74, 6) is 0. The van der Waals surface area contributed by atoms with Crippen molar-refractivity contribution in [2.45, 2.75) is 6.92 Å². The molecule has 2 N–H and O–H groups in total. The molecule has 20 heavy (non-hydrogen) atoms. The van der Waals surface area contributed by atoms with E-state index in [0.29, 0.717) is 5.02 Å². The highest BCUT2D eigenvalue weighted by Crippen LogP contribution is 2.30. The number of hydrogen-bond donors (Lipinski definition) is 1. The number of nitrogen functional groups attached to an aromatic ring is 1. The predicted molar refractivity (Wildman–Crippen MR) is 83.2 cm³/mol. The molecule has 4 heteroatoms. The van der Waals surface area contributed by atoms with Crippen LogP contribution in [-0.4, -0.2) is 9.78 Å². The molecular formula is C16H14ClN3. The van der Waals surface area contributed by atoms with Crippen LogP contribution in [0.2, 0.25) is 5.02 Å². The van der Waals surface area contributed by atoms with Gasteiger partial charge >= 0.3 is 0 Å². The molecule has 0 saturated heterocycles. The maximum Gasteiger partial charge on any atom is 0.0758 e. The summed E-state index contributed by atoms with van der Waals surface area (Å²) in [6.45, 7) is 1.97. The maximum absolute atomic E-state index is 6.29. The Hall–Kier alpha value is -2.26. The predicted octanol–water partition coefficient (Wildman–Crippen LogP) is 4.08. The van der Waals surface area contributed by atoms with Gasteiger partial charge in [-0.2, -0.15) is 5.10 Å². The molecule has 3 rings (SSSR count). The van der Waals surface area contributed by atoms with Gasteiger partial charge in [0, 0.05) is 16.3 Å². The van der Waals surface area contributed by atoms with Crippen LogP contribution in [0.4, 0.5) is 5.69 Å². The highest BCUT2D eigenvalue weighted by atomic mass is 35.5. The Morgan fingerprint density at radius 2 is 1.75 bits per heavy atom. The number of hydrogen-bond acceptors (Lipinski definition) is 2. The van der Waals surface area contributed by atoms with Crippen LogP contribution in [0.15, 0.2) is 54.6 Å². The van der Waals surface area contributed by atoms with E-state index in [1.165, 1.54) is 0 Å². The molecule has 0 aliphatic heterocycles. The van der Waals surface area contributed by atoms with Crippen LogP contribution in [0.25, 0.3) is 16.9 Å². The highest BCUT2D eigenvalue weighted by Gasteiger charge is 2.12. The molecule has 0 spiro atoms. The molecule has 0 unspecified atom stereocenters. The second-order valence-electron chi connectivity index (χ2n) is 4.65. The molecule has 1 heterocycles. The minimum atomic E-state index is 0.712. The first-order chi connectivity index (χ1) is 9.65. The fourth-order valence-electron chi connectivity index (χ4n) is 2.17. The third-order valence-electron chi connectivity index (χ3n) is 3.12. The summed E-state index contributed by atoms with van der Waals surface area (Å²) in [5.41, 5.74) is 10.3. The van der Waals surface area contributed by atoms with E-state index in [9.17, 15) is 0 Å². The fraction of sp³-hybridized carbons (Fsp3) is 0.0625. The fourth-order valence-corrected chi connectivity index (χ4v) is 2.41. The van der Waals surface area contributed by atoms with Crippen LogP contribution >= 0.6 is 11.6 Å². The summed E-state index contributed by atoms with van der Waals surface area (Å²) in [6.07, 6.45) is 0. The second-order valence-corrected chi connectivity index (χ2v) is 5.06. The molecule has 3 aromatic rings. The quantitative estimate of drug-likeness (QED) is 0.720.